The predicted octanol–water partition coefficient (Wildman–Crippen LogP) is 1.35. The van der Waals surface area contributed by atoms with Gasteiger partial charge in [-0.05, 0) is 12.1 Å². The second-order valence-corrected chi connectivity index (χ2v) is 3.40. The van der Waals surface area contributed by atoms with Gasteiger partial charge in [-0.25, -0.2) is 4.39 Å². The zero-order chi connectivity index (χ0) is 11.5. The summed E-state index contributed by atoms with van der Waals surface area (Å²) in [6.45, 7) is 0.333. The lowest BCUT2D eigenvalue weighted by atomic mass is 10.1. The lowest BCUT2D eigenvalue weighted by Gasteiger charge is -2.07. The third-order valence-corrected chi connectivity index (χ3v) is 2.26. The topological polar surface area (TPSA) is 67.7 Å². The maximum absolute atomic E-state index is 13.9. The van der Waals surface area contributed by atoms with Gasteiger partial charge in [-0.15, -0.1) is 0 Å². The van der Waals surface area contributed by atoms with Crippen LogP contribution in [0.5, 0.6) is 0 Å². The SMILES string of the molecule is N=C(N)c1cccc(Cn2cccn2)c1F. The fourth-order valence-electron chi connectivity index (χ4n) is 1.48. The number of benzene rings is 1. The van der Waals surface area contributed by atoms with Crippen molar-refractivity contribution < 1.29 is 4.39 Å². The van der Waals surface area contributed by atoms with Gasteiger partial charge in [0.05, 0.1) is 12.1 Å². The molecule has 0 bridgehead atoms. The van der Waals surface area contributed by atoms with E-state index in [9.17, 15) is 4.39 Å². The van der Waals surface area contributed by atoms with Gasteiger partial charge in [0.25, 0.3) is 0 Å². The summed E-state index contributed by atoms with van der Waals surface area (Å²) in [7, 11) is 0. The quantitative estimate of drug-likeness (QED) is 0.603. The second kappa shape index (κ2) is 4.14. The normalized spacial score (nSPS) is 10.3. The summed E-state index contributed by atoms with van der Waals surface area (Å²) in [5.74, 6) is -0.717. The maximum Gasteiger partial charge on any atom is 0.139 e. The molecule has 1 aromatic heterocycles. The average molecular weight is 218 g/mol. The Bertz CT molecular complexity index is 505. The summed E-state index contributed by atoms with van der Waals surface area (Å²) < 4.78 is 15.5. The molecule has 0 spiro atoms. The molecule has 4 nitrogen and oxygen atoms in total. The van der Waals surface area contributed by atoms with Crippen LogP contribution in [-0.2, 0) is 6.54 Å². The van der Waals surface area contributed by atoms with Crippen molar-refractivity contribution in [2.24, 2.45) is 5.73 Å². The predicted molar refractivity (Wildman–Crippen MR) is 58.7 cm³/mol. The highest BCUT2D eigenvalue weighted by Gasteiger charge is 2.10. The Morgan fingerprint density at radius 1 is 1.44 bits per heavy atom. The molecule has 0 fully saturated rings. The van der Waals surface area contributed by atoms with Gasteiger partial charge in [-0.3, -0.25) is 10.1 Å². The van der Waals surface area contributed by atoms with E-state index in [1.807, 2.05) is 0 Å². The smallest absolute Gasteiger partial charge is 0.139 e. The molecule has 0 unspecified atom stereocenters. The van der Waals surface area contributed by atoms with Crippen LogP contribution in [0.2, 0.25) is 0 Å². The molecule has 0 amide bonds. The van der Waals surface area contributed by atoms with Crippen molar-refractivity contribution in [3.05, 3.63) is 53.6 Å². The number of aromatic nitrogens is 2. The van der Waals surface area contributed by atoms with Crippen LogP contribution in [0, 0.1) is 11.2 Å². The number of rotatable bonds is 3. The van der Waals surface area contributed by atoms with Gasteiger partial charge in [0.2, 0.25) is 0 Å². The van der Waals surface area contributed by atoms with E-state index >= 15 is 0 Å². The largest absolute Gasteiger partial charge is 0.384 e. The number of amidine groups is 1. The van der Waals surface area contributed by atoms with Crippen LogP contribution in [-0.4, -0.2) is 15.6 Å². The van der Waals surface area contributed by atoms with Gasteiger partial charge < -0.3 is 5.73 Å². The number of nitrogens with one attached hydrogen (secondary N) is 1. The zero-order valence-electron chi connectivity index (χ0n) is 8.52. The van der Waals surface area contributed by atoms with Gasteiger partial charge in [-0.1, -0.05) is 12.1 Å². The highest BCUT2D eigenvalue weighted by molar-refractivity contribution is 5.95. The second-order valence-electron chi connectivity index (χ2n) is 3.40. The summed E-state index contributed by atoms with van der Waals surface area (Å²) in [5, 5.41) is 11.2. The Labute approximate surface area is 92.0 Å². The molecule has 2 rings (SSSR count). The van der Waals surface area contributed by atoms with Crippen LogP contribution in [0.4, 0.5) is 4.39 Å². The Morgan fingerprint density at radius 3 is 2.88 bits per heavy atom. The standard InChI is InChI=1S/C11H11FN4/c12-10-8(7-16-6-2-5-15-16)3-1-4-9(10)11(13)14/h1-6H,7H2,(H3,13,14). The molecule has 3 N–H and O–H groups in total. The first-order valence-electron chi connectivity index (χ1n) is 4.77. The van der Waals surface area contributed by atoms with Gasteiger partial charge in [0.15, 0.2) is 0 Å². The molecule has 0 saturated heterocycles. The van der Waals surface area contributed by atoms with Crippen molar-refractivity contribution in [3.63, 3.8) is 0 Å². The Balaban J connectivity index is 2.35. The molecule has 1 heterocycles. The summed E-state index contributed by atoms with van der Waals surface area (Å²) in [6, 6.07) is 6.60. The fraction of sp³-hybridized carbons (Fsp3) is 0.0909. The van der Waals surface area contributed by atoms with Gasteiger partial charge in [0.1, 0.15) is 11.7 Å². The molecular weight excluding hydrogens is 207 g/mol. The van der Waals surface area contributed by atoms with E-state index in [1.54, 1.807) is 35.3 Å². The van der Waals surface area contributed by atoms with Crippen LogP contribution in [0.15, 0.2) is 36.7 Å². The lowest BCUT2D eigenvalue weighted by molar-refractivity contribution is 0.583. The molecule has 1 aromatic carbocycles. The van der Waals surface area contributed by atoms with E-state index < -0.39 is 5.82 Å². The van der Waals surface area contributed by atoms with E-state index in [4.69, 9.17) is 11.1 Å². The summed E-state index contributed by atoms with van der Waals surface area (Å²) in [6.07, 6.45) is 3.38. The number of halogens is 1. The fourth-order valence-corrected chi connectivity index (χ4v) is 1.48. The molecule has 0 aliphatic rings. The summed E-state index contributed by atoms with van der Waals surface area (Å²) in [4.78, 5) is 0. The van der Waals surface area contributed by atoms with Gasteiger partial charge in [-0.2, -0.15) is 5.10 Å². The molecule has 0 atom stereocenters. The van der Waals surface area contributed by atoms with E-state index in [0.29, 0.717) is 12.1 Å². The van der Waals surface area contributed by atoms with Crippen molar-refractivity contribution in [3.8, 4) is 0 Å². The van der Waals surface area contributed by atoms with Crippen molar-refractivity contribution in [2.45, 2.75) is 6.54 Å². The van der Waals surface area contributed by atoms with Crippen LogP contribution in [0.25, 0.3) is 0 Å². The van der Waals surface area contributed by atoms with E-state index in [1.165, 1.54) is 6.07 Å². The van der Waals surface area contributed by atoms with Crippen LogP contribution in [0.3, 0.4) is 0 Å². The molecule has 0 radical (unpaired) electrons. The van der Waals surface area contributed by atoms with Crippen LogP contribution in [0.1, 0.15) is 11.1 Å². The number of nitrogens with two attached hydrogens (primary N) is 1. The minimum absolute atomic E-state index is 0.129. The minimum atomic E-state index is -0.453. The third kappa shape index (κ3) is 1.93. The molecule has 0 aliphatic heterocycles. The summed E-state index contributed by atoms with van der Waals surface area (Å²) in [5.41, 5.74) is 5.88. The first kappa shape index (κ1) is 10.4. The van der Waals surface area contributed by atoms with Crippen molar-refractivity contribution in [2.75, 3.05) is 0 Å². The lowest BCUT2D eigenvalue weighted by Crippen LogP contribution is -2.15. The minimum Gasteiger partial charge on any atom is -0.384 e. The number of nitrogen functional groups attached to an aromatic ring is 1. The molecule has 0 saturated carbocycles. The van der Waals surface area contributed by atoms with Gasteiger partial charge in [0, 0.05) is 18.0 Å². The Hall–Kier alpha value is -2.17. The summed E-state index contributed by atoms with van der Waals surface area (Å²) >= 11 is 0. The highest BCUT2D eigenvalue weighted by atomic mass is 19.1. The molecular formula is C11H11FN4. The van der Waals surface area contributed by atoms with E-state index in [-0.39, 0.29) is 11.4 Å². The van der Waals surface area contributed by atoms with Gasteiger partial charge >= 0.3 is 0 Å². The van der Waals surface area contributed by atoms with Crippen molar-refractivity contribution in [1.82, 2.24) is 9.78 Å². The molecule has 2 aromatic rings. The maximum atomic E-state index is 13.9. The Morgan fingerprint density at radius 2 is 2.25 bits per heavy atom. The first-order valence-corrected chi connectivity index (χ1v) is 4.77. The molecule has 5 heteroatoms. The average Bonchev–Trinajstić information content (AvgIpc) is 2.73. The first-order chi connectivity index (χ1) is 7.68. The highest BCUT2D eigenvalue weighted by Crippen LogP contribution is 2.13. The van der Waals surface area contributed by atoms with Crippen molar-refractivity contribution >= 4 is 5.84 Å². The van der Waals surface area contributed by atoms with Crippen LogP contribution >= 0.6 is 0 Å². The van der Waals surface area contributed by atoms with E-state index in [0.717, 1.165) is 0 Å². The zero-order valence-corrected chi connectivity index (χ0v) is 8.52. The molecule has 16 heavy (non-hydrogen) atoms. The van der Waals surface area contributed by atoms with Crippen LogP contribution < -0.4 is 5.73 Å². The monoisotopic (exact) mass is 218 g/mol. The third-order valence-electron chi connectivity index (χ3n) is 2.26. The number of nitrogens with zero attached hydrogens (tertiary/aromatic N) is 2. The molecule has 0 aliphatic carbocycles. The number of hydrogen-bond acceptors (Lipinski definition) is 2. The van der Waals surface area contributed by atoms with Crippen molar-refractivity contribution in [1.29, 1.82) is 5.41 Å². The van der Waals surface area contributed by atoms with E-state index in [2.05, 4.69) is 5.10 Å². The number of hydrogen-bond donors (Lipinski definition) is 2. The Kier molecular flexibility index (Phi) is 2.68. The molecule has 82 valence electrons.